The molecule has 2 saturated heterocycles. The first-order valence-electron chi connectivity index (χ1n) is 11.2. The molecule has 0 amide bonds. The third kappa shape index (κ3) is 6.25. The minimum atomic E-state index is 0.849. The summed E-state index contributed by atoms with van der Waals surface area (Å²) >= 11 is 0. The lowest BCUT2D eigenvalue weighted by Gasteiger charge is -2.37. The number of nitrogens with one attached hydrogen (secondary N) is 1. The number of nitrogens with zero attached hydrogens (tertiary/aromatic N) is 4. The van der Waals surface area contributed by atoms with Gasteiger partial charge in [-0.1, -0.05) is 0 Å². The number of methoxy groups -OCH3 is 2. The molecule has 1 N–H and O–H groups in total. The first-order chi connectivity index (χ1) is 14.6. The van der Waals surface area contributed by atoms with Gasteiger partial charge in [0.05, 0.1) is 14.2 Å². The average Bonchev–Trinajstić information content (AvgIpc) is 2.78. The number of likely N-dealkylation sites (tertiary alicyclic amines) is 1. The predicted octanol–water partition coefficient (Wildman–Crippen LogP) is 2.13. The molecule has 2 aliphatic heterocycles. The van der Waals surface area contributed by atoms with Crippen molar-refractivity contribution in [2.75, 3.05) is 74.1 Å². The molecule has 0 bridgehead atoms. The molecular formula is C23H39N5O2. The molecule has 7 heteroatoms. The number of piperidine rings is 1. The third-order valence-electron chi connectivity index (χ3n) is 6.44. The summed E-state index contributed by atoms with van der Waals surface area (Å²) in [5, 5.41) is 3.60. The summed E-state index contributed by atoms with van der Waals surface area (Å²) in [6, 6.07) is 6.01. The van der Waals surface area contributed by atoms with Gasteiger partial charge in [-0.15, -0.1) is 0 Å². The van der Waals surface area contributed by atoms with Gasteiger partial charge in [-0.3, -0.25) is 9.89 Å². The maximum absolute atomic E-state index is 5.54. The van der Waals surface area contributed by atoms with Crippen LogP contribution >= 0.6 is 0 Å². The zero-order chi connectivity index (χ0) is 21.3. The second kappa shape index (κ2) is 11.4. The average molecular weight is 418 g/mol. The Morgan fingerprint density at radius 3 is 2.43 bits per heavy atom. The summed E-state index contributed by atoms with van der Waals surface area (Å²) in [7, 11) is 7.55. The van der Waals surface area contributed by atoms with Crippen molar-refractivity contribution >= 4 is 5.96 Å². The van der Waals surface area contributed by atoms with Gasteiger partial charge >= 0.3 is 0 Å². The van der Waals surface area contributed by atoms with Gasteiger partial charge in [-0.05, 0) is 63.5 Å². The standard InChI is InChI=1S/C23H39N5O2/c1-24-23(25-10-7-19-8-11-26(2)12-9-19)28-15-13-27(14-16-28)18-20-17-21(29-3)5-6-22(20)30-4/h5-6,17,19H,7-16,18H2,1-4H3,(H,24,25). The highest BCUT2D eigenvalue weighted by Gasteiger charge is 2.21. The Kier molecular flexibility index (Phi) is 8.63. The molecule has 0 radical (unpaired) electrons. The zero-order valence-electron chi connectivity index (χ0n) is 19.2. The molecule has 2 fully saturated rings. The van der Waals surface area contributed by atoms with Crippen molar-refractivity contribution in [3.05, 3.63) is 23.8 Å². The number of rotatable bonds is 7. The van der Waals surface area contributed by atoms with Crippen molar-refractivity contribution in [3.63, 3.8) is 0 Å². The van der Waals surface area contributed by atoms with E-state index in [0.717, 1.165) is 62.6 Å². The van der Waals surface area contributed by atoms with Gasteiger partial charge in [-0.25, -0.2) is 0 Å². The van der Waals surface area contributed by atoms with Gasteiger partial charge in [0.15, 0.2) is 5.96 Å². The van der Waals surface area contributed by atoms with E-state index < -0.39 is 0 Å². The van der Waals surface area contributed by atoms with Crippen LogP contribution in [-0.4, -0.2) is 94.8 Å². The molecule has 3 rings (SSSR count). The number of aliphatic imine (C=N–C) groups is 1. The molecule has 1 aromatic carbocycles. The lowest BCUT2D eigenvalue weighted by Crippen LogP contribution is -2.52. The van der Waals surface area contributed by atoms with Gasteiger partial charge in [0.1, 0.15) is 11.5 Å². The summed E-state index contributed by atoms with van der Waals surface area (Å²) in [4.78, 5) is 11.8. The molecule has 0 atom stereocenters. The zero-order valence-corrected chi connectivity index (χ0v) is 19.2. The van der Waals surface area contributed by atoms with Crippen LogP contribution in [0.5, 0.6) is 11.5 Å². The topological polar surface area (TPSA) is 52.6 Å². The van der Waals surface area contributed by atoms with Crippen molar-refractivity contribution < 1.29 is 9.47 Å². The first kappa shape index (κ1) is 22.7. The van der Waals surface area contributed by atoms with Crippen LogP contribution in [0.15, 0.2) is 23.2 Å². The predicted molar refractivity (Wildman–Crippen MR) is 123 cm³/mol. The Hall–Kier alpha value is -1.99. The largest absolute Gasteiger partial charge is 0.497 e. The van der Waals surface area contributed by atoms with Crippen molar-refractivity contribution in [2.24, 2.45) is 10.9 Å². The van der Waals surface area contributed by atoms with E-state index in [4.69, 9.17) is 9.47 Å². The van der Waals surface area contributed by atoms with E-state index in [1.165, 1.54) is 37.9 Å². The van der Waals surface area contributed by atoms with Crippen LogP contribution in [0.1, 0.15) is 24.8 Å². The summed E-state index contributed by atoms with van der Waals surface area (Å²) in [6.07, 6.45) is 3.88. The lowest BCUT2D eigenvalue weighted by molar-refractivity contribution is 0.170. The Labute approximate surface area is 182 Å². The second-order valence-electron chi connectivity index (χ2n) is 8.45. The highest BCUT2D eigenvalue weighted by atomic mass is 16.5. The monoisotopic (exact) mass is 417 g/mol. The normalized spacial score (nSPS) is 19.7. The minimum Gasteiger partial charge on any atom is -0.497 e. The molecule has 30 heavy (non-hydrogen) atoms. The van der Waals surface area contributed by atoms with E-state index >= 15 is 0 Å². The van der Waals surface area contributed by atoms with Gasteiger partial charge in [0.25, 0.3) is 0 Å². The van der Waals surface area contributed by atoms with Crippen molar-refractivity contribution in [1.29, 1.82) is 0 Å². The number of guanidine groups is 1. The number of hydrogen-bond acceptors (Lipinski definition) is 5. The minimum absolute atomic E-state index is 0.849. The van der Waals surface area contributed by atoms with Crippen molar-refractivity contribution in [2.45, 2.75) is 25.8 Å². The quantitative estimate of drug-likeness (QED) is 0.542. The molecule has 0 aromatic heterocycles. The Balaban J connectivity index is 1.44. The summed E-state index contributed by atoms with van der Waals surface area (Å²) in [5.41, 5.74) is 1.17. The molecule has 2 heterocycles. The lowest BCUT2D eigenvalue weighted by atomic mass is 9.94. The summed E-state index contributed by atoms with van der Waals surface area (Å²) in [6.45, 7) is 8.35. The third-order valence-corrected chi connectivity index (χ3v) is 6.44. The van der Waals surface area contributed by atoms with Crippen LogP contribution in [0.2, 0.25) is 0 Å². The molecule has 168 valence electrons. The number of ether oxygens (including phenoxy) is 2. The van der Waals surface area contributed by atoms with Crippen LogP contribution in [0.25, 0.3) is 0 Å². The van der Waals surface area contributed by atoms with E-state index in [0.29, 0.717) is 0 Å². The van der Waals surface area contributed by atoms with Crippen LogP contribution in [0.4, 0.5) is 0 Å². The van der Waals surface area contributed by atoms with Crippen molar-refractivity contribution in [1.82, 2.24) is 20.0 Å². The Morgan fingerprint density at radius 1 is 1.07 bits per heavy atom. The smallest absolute Gasteiger partial charge is 0.193 e. The fraction of sp³-hybridized carbons (Fsp3) is 0.696. The molecular weight excluding hydrogens is 378 g/mol. The highest BCUT2D eigenvalue weighted by Crippen LogP contribution is 2.25. The molecule has 7 nitrogen and oxygen atoms in total. The maximum Gasteiger partial charge on any atom is 0.193 e. The molecule has 0 saturated carbocycles. The van der Waals surface area contributed by atoms with E-state index in [9.17, 15) is 0 Å². The van der Waals surface area contributed by atoms with Crippen molar-refractivity contribution in [3.8, 4) is 11.5 Å². The fourth-order valence-electron chi connectivity index (χ4n) is 4.44. The molecule has 0 unspecified atom stereocenters. The van der Waals surface area contributed by atoms with E-state index in [2.05, 4.69) is 38.1 Å². The Morgan fingerprint density at radius 2 is 1.80 bits per heavy atom. The van der Waals surface area contributed by atoms with E-state index in [-0.39, 0.29) is 0 Å². The molecule has 1 aromatic rings. The van der Waals surface area contributed by atoms with Gasteiger partial charge in [0.2, 0.25) is 0 Å². The first-order valence-corrected chi connectivity index (χ1v) is 11.2. The molecule has 2 aliphatic rings. The fourth-order valence-corrected chi connectivity index (χ4v) is 4.44. The van der Waals surface area contributed by atoms with Crippen LogP contribution in [0.3, 0.4) is 0 Å². The molecule has 0 spiro atoms. The van der Waals surface area contributed by atoms with Gasteiger partial charge < -0.3 is 24.6 Å². The van der Waals surface area contributed by atoms with Crippen LogP contribution < -0.4 is 14.8 Å². The van der Waals surface area contributed by atoms with Crippen LogP contribution in [-0.2, 0) is 6.54 Å². The van der Waals surface area contributed by atoms with E-state index in [1.807, 2.05) is 19.2 Å². The second-order valence-corrected chi connectivity index (χ2v) is 8.45. The Bertz CT molecular complexity index is 680. The number of hydrogen-bond donors (Lipinski definition) is 1. The van der Waals surface area contributed by atoms with E-state index in [1.54, 1.807) is 14.2 Å². The van der Waals surface area contributed by atoms with Gasteiger partial charge in [-0.2, -0.15) is 0 Å². The summed E-state index contributed by atoms with van der Waals surface area (Å²) in [5.74, 6) is 3.69. The SMILES string of the molecule is CN=C(NCCC1CCN(C)CC1)N1CCN(Cc2cc(OC)ccc2OC)CC1. The number of piperazine rings is 1. The molecule has 0 aliphatic carbocycles. The summed E-state index contributed by atoms with van der Waals surface area (Å²) < 4.78 is 10.9. The number of benzene rings is 1. The van der Waals surface area contributed by atoms with Crippen LogP contribution in [0, 0.1) is 5.92 Å². The maximum atomic E-state index is 5.54. The highest BCUT2D eigenvalue weighted by molar-refractivity contribution is 5.79. The van der Waals surface area contributed by atoms with Gasteiger partial charge in [0, 0.05) is 51.9 Å².